The van der Waals surface area contributed by atoms with Gasteiger partial charge in [-0.05, 0) is 36.7 Å². The molecule has 0 amide bonds. The Bertz CT molecular complexity index is 352. The first-order chi connectivity index (χ1) is 6.50. The van der Waals surface area contributed by atoms with Gasteiger partial charge in [-0.2, -0.15) is 0 Å². The third-order valence-corrected chi connectivity index (χ3v) is 2.36. The monoisotopic (exact) mass is 252 g/mol. The zero-order valence-corrected chi connectivity index (χ0v) is 9.53. The van der Waals surface area contributed by atoms with E-state index < -0.39 is 11.3 Å². The highest BCUT2D eigenvalue weighted by molar-refractivity contribution is 6.64. The fraction of sp³-hybridized carbons (Fsp3) is 0.222. The predicted molar refractivity (Wildman–Crippen MR) is 57.4 cm³/mol. The van der Waals surface area contributed by atoms with Crippen molar-refractivity contribution in [2.24, 2.45) is 0 Å². The van der Waals surface area contributed by atoms with E-state index in [1.54, 1.807) is 19.1 Å². The van der Waals surface area contributed by atoms with Crippen LogP contribution in [0.25, 0.3) is 0 Å². The Morgan fingerprint density at radius 1 is 1.43 bits per heavy atom. The first-order valence-electron chi connectivity index (χ1n) is 3.81. The maximum Gasteiger partial charge on any atom is 0.262 e. The zero-order valence-electron chi connectivity index (χ0n) is 7.26. The highest BCUT2D eigenvalue weighted by Gasteiger charge is 2.13. The summed E-state index contributed by atoms with van der Waals surface area (Å²) in [5.74, 6) is 0.387. The molecule has 0 N–H and O–H groups in total. The Hall–Kier alpha value is -0.440. The molecule has 1 aromatic rings. The summed E-state index contributed by atoms with van der Waals surface area (Å²) in [6.07, 6.45) is -0.727. The van der Waals surface area contributed by atoms with Crippen molar-refractivity contribution in [3.8, 4) is 5.75 Å². The summed E-state index contributed by atoms with van der Waals surface area (Å²) >= 11 is 16.7. The summed E-state index contributed by atoms with van der Waals surface area (Å²) in [5.41, 5.74) is 0. The molecule has 76 valence electrons. The summed E-state index contributed by atoms with van der Waals surface area (Å²) in [5, 5.41) is 0.283. The van der Waals surface area contributed by atoms with Gasteiger partial charge in [-0.3, -0.25) is 4.79 Å². The lowest BCUT2D eigenvalue weighted by Crippen LogP contribution is -2.18. The van der Waals surface area contributed by atoms with Gasteiger partial charge in [0.2, 0.25) is 0 Å². The van der Waals surface area contributed by atoms with E-state index in [9.17, 15) is 4.79 Å². The first kappa shape index (κ1) is 11.6. The van der Waals surface area contributed by atoms with Gasteiger partial charge in [-0.25, -0.2) is 0 Å². The van der Waals surface area contributed by atoms with Crippen molar-refractivity contribution >= 4 is 40.0 Å². The standard InChI is InChI=1S/C9H7Cl3O2/c1-5(9(12)13)14-8-3-2-6(10)4-7(8)11/h2-5H,1H3/t5-/m1/s1. The molecule has 0 aliphatic carbocycles. The average molecular weight is 254 g/mol. The summed E-state index contributed by atoms with van der Waals surface area (Å²) in [7, 11) is 0. The minimum atomic E-state index is -0.727. The van der Waals surface area contributed by atoms with Crippen molar-refractivity contribution in [2.45, 2.75) is 13.0 Å². The molecule has 14 heavy (non-hydrogen) atoms. The molecular formula is C9H7Cl3O2. The molecular weight excluding hydrogens is 246 g/mol. The fourth-order valence-electron chi connectivity index (χ4n) is 0.808. The molecule has 0 heterocycles. The molecule has 0 spiro atoms. The minimum Gasteiger partial charge on any atom is -0.480 e. The molecule has 2 nitrogen and oxygen atoms in total. The number of carbonyl (C=O) groups excluding carboxylic acids is 1. The molecule has 0 aromatic heterocycles. The normalized spacial score (nSPS) is 12.3. The van der Waals surface area contributed by atoms with E-state index >= 15 is 0 Å². The van der Waals surface area contributed by atoms with Gasteiger partial charge in [0.05, 0.1) is 5.02 Å². The molecule has 1 aromatic carbocycles. The van der Waals surface area contributed by atoms with E-state index in [-0.39, 0.29) is 0 Å². The lowest BCUT2D eigenvalue weighted by Gasteiger charge is -2.11. The highest BCUT2D eigenvalue weighted by atomic mass is 35.5. The van der Waals surface area contributed by atoms with Gasteiger partial charge >= 0.3 is 0 Å². The van der Waals surface area contributed by atoms with Crippen LogP contribution in [-0.2, 0) is 4.79 Å². The lowest BCUT2D eigenvalue weighted by atomic mass is 10.3. The average Bonchev–Trinajstić information content (AvgIpc) is 2.09. The number of ether oxygens (including phenoxy) is 1. The van der Waals surface area contributed by atoms with E-state index in [0.29, 0.717) is 15.8 Å². The number of benzene rings is 1. The van der Waals surface area contributed by atoms with Crippen LogP contribution in [0.4, 0.5) is 0 Å². The molecule has 1 rings (SSSR count). The third-order valence-electron chi connectivity index (χ3n) is 1.52. The van der Waals surface area contributed by atoms with E-state index in [4.69, 9.17) is 39.5 Å². The van der Waals surface area contributed by atoms with Crippen molar-refractivity contribution < 1.29 is 9.53 Å². The lowest BCUT2D eigenvalue weighted by molar-refractivity contribution is -0.117. The summed E-state index contributed by atoms with van der Waals surface area (Å²) in [6, 6.07) is 4.74. The first-order valence-corrected chi connectivity index (χ1v) is 4.95. The minimum absolute atomic E-state index is 0.349. The molecule has 0 bridgehead atoms. The number of halogens is 3. The summed E-state index contributed by atoms with van der Waals surface area (Å²) in [4.78, 5) is 10.7. The van der Waals surface area contributed by atoms with Gasteiger partial charge in [0.25, 0.3) is 5.24 Å². The second-order valence-corrected chi connectivity index (χ2v) is 3.86. The van der Waals surface area contributed by atoms with E-state index in [2.05, 4.69) is 0 Å². The summed E-state index contributed by atoms with van der Waals surface area (Å²) < 4.78 is 5.19. The topological polar surface area (TPSA) is 26.3 Å². The second kappa shape index (κ2) is 4.87. The Morgan fingerprint density at radius 3 is 2.57 bits per heavy atom. The van der Waals surface area contributed by atoms with E-state index in [0.717, 1.165) is 0 Å². The maximum absolute atomic E-state index is 10.7. The van der Waals surface area contributed by atoms with Gasteiger partial charge in [-0.15, -0.1) is 0 Å². The third kappa shape index (κ3) is 3.05. The largest absolute Gasteiger partial charge is 0.480 e. The number of hydrogen-bond donors (Lipinski definition) is 0. The zero-order chi connectivity index (χ0) is 10.7. The number of rotatable bonds is 3. The Morgan fingerprint density at radius 2 is 2.07 bits per heavy atom. The molecule has 5 heteroatoms. The molecule has 0 saturated carbocycles. The van der Waals surface area contributed by atoms with Crippen LogP contribution in [0.1, 0.15) is 6.92 Å². The summed E-state index contributed by atoms with van der Waals surface area (Å²) in [6.45, 7) is 1.54. The van der Waals surface area contributed by atoms with Gasteiger partial charge in [0, 0.05) is 5.02 Å². The maximum atomic E-state index is 10.7. The van der Waals surface area contributed by atoms with Crippen LogP contribution in [0.3, 0.4) is 0 Å². The van der Waals surface area contributed by atoms with E-state index in [1.165, 1.54) is 6.07 Å². The predicted octanol–water partition coefficient (Wildman–Crippen LogP) is 3.53. The quantitative estimate of drug-likeness (QED) is 0.770. The fourth-order valence-corrected chi connectivity index (χ4v) is 1.31. The highest BCUT2D eigenvalue weighted by Crippen LogP contribution is 2.28. The molecule has 0 aliphatic heterocycles. The number of hydrogen-bond acceptors (Lipinski definition) is 2. The van der Waals surface area contributed by atoms with Crippen molar-refractivity contribution in [1.82, 2.24) is 0 Å². The van der Waals surface area contributed by atoms with Crippen molar-refractivity contribution in [3.63, 3.8) is 0 Å². The smallest absolute Gasteiger partial charge is 0.262 e. The van der Waals surface area contributed by atoms with Gasteiger partial charge in [0.15, 0.2) is 6.10 Å². The molecule has 0 unspecified atom stereocenters. The van der Waals surface area contributed by atoms with Crippen molar-refractivity contribution in [2.75, 3.05) is 0 Å². The molecule has 0 fully saturated rings. The SMILES string of the molecule is C[C@@H](Oc1ccc(Cl)cc1Cl)C(=O)Cl. The van der Waals surface area contributed by atoms with Crippen molar-refractivity contribution in [1.29, 1.82) is 0 Å². The van der Waals surface area contributed by atoms with Crippen LogP contribution in [-0.4, -0.2) is 11.3 Å². The van der Waals surface area contributed by atoms with Crippen LogP contribution in [0.5, 0.6) is 5.75 Å². The Labute approximate surface area is 96.7 Å². The molecule has 0 saturated heterocycles. The van der Waals surface area contributed by atoms with Gasteiger partial charge in [-0.1, -0.05) is 23.2 Å². The van der Waals surface area contributed by atoms with Crippen LogP contribution < -0.4 is 4.74 Å². The molecule has 1 atom stereocenters. The molecule has 0 aliphatic rings. The Kier molecular flexibility index (Phi) is 4.05. The van der Waals surface area contributed by atoms with Crippen LogP contribution in [0.15, 0.2) is 18.2 Å². The second-order valence-electron chi connectivity index (χ2n) is 2.64. The van der Waals surface area contributed by atoms with Crippen molar-refractivity contribution in [3.05, 3.63) is 28.2 Å². The number of carbonyl (C=O) groups is 1. The van der Waals surface area contributed by atoms with Crippen LogP contribution >= 0.6 is 34.8 Å². The Balaban J connectivity index is 2.82. The van der Waals surface area contributed by atoms with Gasteiger partial charge in [0.1, 0.15) is 5.75 Å². The molecule has 0 radical (unpaired) electrons. The van der Waals surface area contributed by atoms with Gasteiger partial charge < -0.3 is 4.74 Å². The van der Waals surface area contributed by atoms with E-state index in [1.807, 2.05) is 0 Å². The van der Waals surface area contributed by atoms with Crippen LogP contribution in [0.2, 0.25) is 10.0 Å². The van der Waals surface area contributed by atoms with Crippen LogP contribution in [0, 0.1) is 0 Å².